The topological polar surface area (TPSA) is 29.5 Å². The van der Waals surface area contributed by atoms with Gasteiger partial charge in [0.1, 0.15) is 5.75 Å². The van der Waals surface area contributed by atoms with Crippen LogP contribution < -0.4 is 9.64 Å². The minimum Gasteiger partial charge on any atom is -0.497 e. The largest absolute Gasteiger partial charge is 0.497 e. The molecular formula is C28H29NO2. The smallest absolute Gasteiger partial charge is 0.251 e. The summed E-state index contributed by atoms with van der Waals surface area (Å²) >= 11 is 0. The number of hydrogen-bond acceptors (Lipinski definition) is 2. The van der Waals surface area contributed by atoms with E-state index in [1.54, 1.807) is 13.2 Å². The fourth-order valence-electron chi connectivity index (χ4n) is 4.94. The van der Waals surface area contributed by atoms with Crippen LogP contribution in [0.1, 0.15) is 43.9 Å². The molecule has 3 aromatic rings. The Morgan fingerprint density at radius 3 is 2.23 bits per heavy atom. The predicted molar refractivity (Wildman–Crippen MR) is 128 cm³/mol. The molecule has 1 aliphatic heterocycles. The lowest BCUT2D eigenvalue weighted by molar-refractivity contribution is -0.115. The molecule has 0 N–H and O–H groups in total. The summed E-state index contributed by atoms with van der Waals surface area (Å²) in [6, 6.07) is 26.5. The molecule has 4 rings (SSSR count). The van der Waals surface area contributed by atoms with Crippen LogP contribution in [0.5, 0.6) is 5.75 Å². The van der Waals surface area contributed by atoms with Crippen molar-refractivity contribution in [3.63, 3.8) is 0 Å². The van der Waals surface area contributed by atoms with Crippen molar-refractivity contribution in [1.29, 1.82) is 0 Å². The number of amides is 1. The third-order valence-electron chi connectivity index (χ3n) is 6.30. The quantitative estimate of drug-likeness (QED) is 0.476. The van der Waals surface area contributed by atoms with Crippen molar-refractivity contribution in [1.82, 2.24) is 0 Å². The van der Waals surface area contributed by atoms with E-state index in [1.807, 2.05) is 59.5 Å². The maximum absolute atomic E-state index is 13.4. The minimum absolute atomic E-state index is 0.00177. The average Bonchev–Trinajstić information content (AvgIpc) is 2.78. The number of para-hydroxylation sites is 1. The number of benzene rings is 3. The van der Waals surface area contributed by atoms with Crippen molar-refractivity contribution in [2.75, 3.05) is 12.0 Å². The molecule has 0 bridgehead atoms. The van der Waals surface area contributed by atoms with E-state index in [0.29, 0.717) is 0 Å². The van der Waals surface area contributed by atoms with Crippen molar-refractivity contribution >= 4 is 17.7 Å². The second-order valence-corrected chi connectivity index (χ2v) is 8.98. The molecule has 1 amide bonds. The summed E-state index contributed by atoms with van der Waals surface area (Å²) < 4.78 is 5.35. The van der Waals surface area contributed by atoms with Crippen LogP contribution in [0.2, 0.25) is 0 Å². The molecule has 0 saturated heterocycles. The highest BCUT2D eigenvalue weighted by atomic mass is 16.5. The number of fused-ring (bicyclic) bond motifs is 1. The molecule has 0 aliphatic carbocycles. The highest BCUT2D eigenvalue weighted by Gasteiger charge is 2.47. The number of rotatable bonds is 4. The second kappa shape index (κ2) is 8.07. The third kappa shape index (κ3) is 3.88. The van der Waals surface area contributed by atoms with Crippen LogP contribution in [0.15, 0.2) is 84.9 Å². The van der Waals surface area contributed by atoms with Gasteiger partial charge in [0.15, 0.2) is 0 Å². The molecule has 3 heteroatoms. The van der Waals surface area contributed by atoms with Gasteiger partial charge in [-0.05, 0) is 61.2 Å². The van der Waals surface area contributed by atoms with Gasteiger partial charge in [0.2, 0.25) is 0 Å². The molecule has 0 radical (unpaired) electrons. The standard InChI is InChI=1S/C28H29NO2/c1-27(2)20-28(3,22-15-17-23(31-4)18-16-22)24-12-8-9-13-25(24)29(27)26(30)19-14-21-10-6-5-7-11-21/h5-19H,20H2,1-4H3/b19-14+. The molecule has 0 aromatic heterocycles. The van der Waals surface area contributed by atoms with Crippen LogP contribution in [0.3, 0.4) is 0 Å². The van der Waals surface area contributed by atoms with Gasteiger partial charge in [-0.2, -0.15) is 0 Å². The van der Waals surface area contributed by atoms with E-state index in [1.165, 1.54) is 11.1 Å². The Kier molecular flexibility index (Phi) is 5.45. The summed E-state index contributed by atoms with van der Waals surface area (Å²) in [5, 5.41) is 0. The fraction of sp³-hybridized carbons (Fsp3) is 0.250. The van der Waals surface area contributed by atoms with E-state index in [4.69, 9.17) is 4.74 Å². The highest BCUT2D eigenvalue weighted by molar-refractivity contribution is 6.06. The Labute approximate surface area is 185 Å². The predicted octanol–water partition coefficient (Wildman–Crippen LogP) is 6.23. The van der Waals surface area contributed by atoms with Gasteiger partial charge in [-0.25, -0.2) is 0 Å². The molecule has 3 aromatic carbocycles. The number of carbonyl (C=O) groups is 1. The van der Waals surface area contributed by atoms with Crippen molar-refractivity contribution < 1.29 is 9.53 Å². The minimum atomic E-state index is -0.360. The van der Waals surface area contributed by atoms with Gasteiger partial charge in [0, 0.05) is 22.7 Å². The SMILES string of the molecule is COc1ccc(C2(C)CC(C)(C)N(C(=O)/C=C/c3ccccc3)c3ccccc32)cc1. The maximum Gasteiger partial charge on any atom is 0.251 e. The molecule has 158 valence electrons. The van der Waals surface area contributed by atoms with Gasteiger partial charge in [-0.1, -0.05) is 67.6 Å². The number of anilines is 1. The van der Waals surface area contributed by atoms with Crippen LogP contribution in [0.25, 0.3) is 6.08 Å². The Balaban J connectivity index is 1.76. The van der Waals surface area contributed by atoms with Crippen LogP contribution in [-0.4, -0.2) is 18.6 Å². The van der Waals surface area contributed by atoms with Crippen molar-refractivity contribution in [3.05, 3.63) is 102 Å². The molecule has 3 nitrogen and oxygen atoms in total. The highest BCUT2D eigenvalue weighted by Crippen LogP contribution is 2.50. The Hall–Kier alpha value is -3.33. The molecule has 0 fully saturated rings. The van der Waals surface area contributed by atoms with Crippen LogP contribution >= 0.6 is 0 Å². The molecule has 0 saturated carbocycles. The first-order valence-electron chi connectivity index (χ1n) is 10.7. The van der Waals surface area contributed by atoms with Gasteiger partial charge in [-0.3, -0.25) is 4.79 Å². The summed E-state index contributed by atoms with van der Waals surface area (Å²) in [5.41, 5.74) is 3.80. The van der Waals surface area contributed by atoms with Gasteiger partial charge < -0.3 is 9.64 Å². The van der Waals surface area contributed by atoms with Crippen molar-refractivity contribution in [3.8, 4) is 5.75 Å². The third-order valence-corrected chi connectivity index (χ3v) is 6.30. The Morgan fingerprint density at radius 1 is 0.903 bits per heavy atom. The molecule has 1 unspecified atom stereocenters. The van der Waals surface area contributed by atoms with Crippen LogP contribution in [0, 0.1) is 0 Å². The van der Waals surface area contributed by atoms with E-state index in [2.05, 4.69) is 51.1 Å². The van der Waals surface area contributed by atoms with E-state index in [0.717, 1.165) is 23.4 Å². The molecule has 1 aliphatic rings. The lowest BCUT2D eigenvalue weighted by Gasteiger charge is -2.51. The van der Waals surface area contributed by atoms with Crippen LogP contribution in [0.4, 0.5) is 5.69 Å². The van der Waals surface area contributed by atoms with Crippen LogP contribution in [-0.2, 0) is 10.2 Å². The molecule has 0 spiro atoms. The summed E-state index contributed by atoms with van der Waals surface area (Å²) in [5.74, 6) is 0.844. The Morgan fingerprint density at radius 2 is 1.55 bits per heavy atom. The second-order valence-electron chi connectivity index (χ2n) is 8.98. The normalized spacial score (nSPS) is 19.8. The van der Waals surface area contributed by atoms with Gasteiger partial charge in [-0.15, -0.1) is 0 Å². The summed E-state index contributed by atoms with van der Waals surface area (Å²) in [6.45, 7) is 6.58. The number of methoxy groups -OCH3 is 1. The van der Waals surface area contributed by atoms with E-state index >= 15 is 0 Å². The number of hydrogen-bond donors (Lipinski definition) is 0. The van der Waals surface area contributed by atoms with Gasteiger partial charge in [0.05, 0.1) is 7.11 Å². The van der Waals surface area contributed by atoms with Gasteiger partial charge >= 0.3 is 0 Å². The van der Waals surface area contributed by atoms with Gasteiger partial charge in [0.25, 0.3) is 5.91 Å². The van der Waals surface area contributed by atoms with Crippen molar-refractivity contribution in [2.24, 2.45) is 0 Å². The first kappa shape index (κ1) is 20.9. The molecule has 31 heavy (non-hydrogen) atoms. The number of nitrogens with zero attached hydrogens (tertiary/aromatic N) is 1. The van der Waals surface area contributed by atoms with Crippen molar-refractivity contribution in [2.45, 2.75) is 38.1 Å². The summed E-state index contributed by atoms with van der Waals surface area (Å²) in [4.78, 5) is 15.4. The van der Waals surface area contributed by atoms with E-state index in [9.17, 15) is 4.79 Å². The number of carbonyl (C=O) groups excluding carboxylic acids is 1. The summed E-state index contributed by atoms with van der Waals surface area (Å²) in [7, 11) is 1.68. The first-order valence-corrected chi connectivity index (χ1v) is 10.7. The maximum atomic E-state index is 13.4. The fourth-order valence-corrected chi connectivity index (χ4v) is 4.94. The summed E-state index contributed by atoms with van der Waals surface area (Å²) in [6.07, 6.45) is 4.39. The zero-order valence-electron chi connectivity index (χ0n) is 18.6. The zero-order valence-corrected chi connectivity index (χ0v) is 18.6. The van der Waals surface area contributed by atoms with E-state index < -0.39 is 0 Å². The first-order chi connectivity index (χ1) is 14.8. The Bertz CT molecular complexity index is 1100. The lowest BCUT2D eigenvalue weighted by Crippen LogP contribution is -2.55. The molecule has 1 atom stereocenters. The average molecular weight is 412 g/mol. The number of ether oxygens (including phenoxy) is 1. The zero-order chi connectivity index (χ0) is 22.1. The lowest BCUT2D eigenvalue weighted by atomic mass is 9.65. The molecule has 1 heterocycles. The molecular weight excluding hydrogens is 382 g/mol. The monoisotopic (exact) mass is 411 g/mol. The van der Waals surface area contributed by atoms with E-state index in [-0.39, 0.29) is 16.9 Å².